The van der Waals surface area contributed by atoms with Gasteiger partial charge >= 0.3 is 17.9 Å². The van der Waals surface area contributed by atoms with Crippen molar-refractivity contribution in [1.29, 1.82) is 0 Å². The number of carbonyl (C=O) groups excluding carboxylic acids is 4. The minimum absolute atomic E-state index is 0.0291. The van der Waals surface area contributed by atoms with E-state index in [1.807, 2.05) is 6.92 Å². The molecule has 0 aromatic rings. The van der Waals surface area contributed by atoms with Crippen LogP contribution in [0.1, 0.15) is 84.5 Å². The third kappa shape index (κ3) is 5.75. The zero-order valence-corrected chi connectivity index (χ0v) is 24.1. The number of rotatable bonds is 11. The Morgan fingerprint density at radius 2 is 1.76 bits per heavy atom. The van der Waals surface area contributed by atoms with Gasteiger partial charge in [-0.3, -0.25) is 24.0 Å². The van der Waals surface area contributed by atoms with Crippen molar-refractivity contribution in [3.63, 3.8) is 0 Å². The van der Waals surface area contributed by atoms with Crippen LogP contribution in [0.2, 0.25) is 0 Å². The number of allylic oxidation sites excluding steroid dienone is 1. The maximum atomic E-state index is 13.4. The summed E-state index contributed by atoms with van der Waals surface area (Å²) in [6.45, 7) is 3.25. The van der Waals surface area contributed by atoms with E-state index < -0.39 is 78.6 Å². The van der Waals surface area contributed by atoms with Crippen LogP contribution >= 0.6 is 0 Å². The molecule has 3 saturated carbocycles. The monoisotopic (exact) mass is 591 g/mol. The normalized spacial score (nSPS) is 36.0. The number of carboxylic acids is 2. The molecule has 4 aliphatic carbocycles. The molecule has 4 rings (SSSR count). The maximum Gasteiger partial charge on any atom is 0.326 e. The molecular weight excluding hydrogens is 550 g/mol. The standard InChI is InChI=1S/C30H41NO11/c1-28-11-9-17(32)13-16(28)3-4-18-19-10-12-30(41,29(19,2)14-21(33)26(18)28)22(34)15-42-25(38)8-6-23(35)31-20(27(39)40)5-7-24(36)37/h13,18-21,26,33,41H,3-12,14-15H2,1-2H3,(H,31,35)(H,36,37)(H,39,40)/t18-,19-,20+,21+,26+,28-,29-,30-/m0/s1. The molecule has 232 valence electrons. The summed E-state index contributed by atoms with van der Waals surface area (Å²) in [6, 6.07) is -1.42. The Kier molecular flexibility index (Phi) is 8.99. The first kappa shape index (κ1) is 31.8. The predicted octanol–water partition coefficient (Wildman–Crippen LogP) is 1.55. The highest BCUT2D eigenvalue weighted by Crippen LogP contribution is 2.67. The molecule has 12 heteroatoms. The van der Waals surface area contributed by atoms with E-state index in [1.54, 1.807) is 6.08 Å². The fraction of sp³-hybridized carbons (Fsp3) is 0.733. The van der Waals surface area contributed by atoms with E-state index >= 15 is 0 Å². The lowest BCUT2D eigenvalue weighted by molar-refractivity contribution is -0.184. The van der Waals surface area contributed by atoms with Crippen LogP contribution in [-0.4, -0.2) is 80.2 Å². The molecule has 0 spiro atoms. The summed E-state index contributed by atoms with van der Waals surface area (Å²) in [5.41, 5.74) is -1.95. The van der Waals surface area contributed by atoms with E-state index in [9.17, 15) is 39.0 Å². The van der Waals surface area contributed by atoms with Gasteiger partial charge in [0.25, 0.3) is 0 Å². The molecule has 5 N–H and O–H groups in total. The summed E-state index contributed by atoms with van der Waals surface area (Å²) in [5, 5.41) is 43.3. The second-order valence-electron chi connectivity index (χ2n) is 13.0. The number of esters is 1. The van der Waals surface area contributed by atoms with Crippen molar-refractivity contribution in [3.8, 4) is 0 Å². The number of hydrogen-bond acceptors (Lipinski definition) is 9. The van der Waals surface area contributed by atoms with Crippen molar-refractivity contribution < 1.29 is 53.9 Å². The molecule has 0 unspecified atom stereocenters. The molecule has 8 atom stereocenters. The van der Waals surface area contributed by atoms with Gasteiger partial charge in [-0.2, -0.15) is 0 Å². The summed E-state index contributed by atoms with van der Waals surface area (Å²) in [6.07, 6.45) is 2.91. The number of fused-ring (bicyclic) bond motifs is 5. The third-order valence-corrected chi connectivity index (χ3v) is 10.7. The molecule has 1 amide bonds. The van der Waals surface area contributed by atoms with Gasteiger partial charge in [-0.25, -0.2) is 4.79 Å². The molecule has 42 heavy (non-hydrogen) atoms. The van der Waals surface area contributed by atoms with E-state index in [0.29, 0.717) is 19.3 Å². The SMILES string of the molecule is C[C@]12CCC(=O)C=C1CC[C@@H]1[C@@H]2[C@H](O)C[C@@]2(C)[C@H]1CC[C@]2(O)C(=O)COC(=O)CCC(=O)N[C@H](CCC(=O)O)C(=O)O. The fourth-order valence-electron chi connectivity index (χ4n) is 8.50. The second kappa shape index (κ2) is 11.9. The number of ether oxygens (including phenoxy) is 1. The van der Waals surface area contributed by atoms with Crippen LogP contribution in [-0.2, 0) is 33.5 Å². The van der Waals surface area contributed by atoms with Crippen LogP contribution < -0.4 is 5.32 Å². The lowest BCUT2D eigenvalue weighted by Gasteiger charge is -2.60. The van der Waals surface area contributed by atoms with Crippen molar-refractivity contribution in [2.45, 2.75) is 102 Å². The quantitative estimate of drug-likeness (QED) is 0.218. The molecule has 12 nitrogen and oxygen atoms in total. The molecule has 0 aromatic carbocycles. The topological polar surface area (TPSA) is 205 Å². The Labute approximate surface area is 243 Å². The highest BCUT2D eigenvalue weighted by Gasteiger charge is 2.68. The minimum atomic E-state index is -1.81. The van der Waals surface area contributed by atoms with Crippen molar-refractivity contribution >= 4 is 35.4 Å². The summed E-state index contributed by atoms with van der Waals surface area (Å²) >= 11 is 0. The molecule has 3 fully saturated rings. The first-order chi connectivity index (χ1) is 19.6. The predicted molar refractivity (Wildman–Crippen MR) is 145 cm³/mol. The fourth-order valence-corrected chi connectivity index (χ4v) is 8.50. The Balaban J connectivity index is 1.34. The highest BCUT2D eigenvalue weighted by atomic mass is 16.5. The number of hydrogen-bond donors (Lipinski definition) is 5. The molecule has 0 heterocycles. The lowest BCUT2D eigenvalue weighted by Crippen LogP contribution is -2.62. The molecule has 0 aromatic heterocycles. The summed E-state index contributed by atoms with van der Waals surface area (Å²) in [4.78, 5) is 71.8. The van der Waals surface area contributed by atoms with E-state index in [1.165, 1.54) is 0 Å². The number of nitrogens with one attached hydrogen (secondary N) is 1. The van der Waals surface area contributed by atoms with Crippen LogP contribution in [0.4, 0.5) is 0 Å². The molecule has 0 aliphatic heterocycles. The number of carbonyl (C=O) groups is 6. The van der Waals surface area contributed by atoms with Gasteiger partial charge < -0.3 is 30.5 Å². The number of Topliss-reactive ketones (excluding diaryl/α,β-unsaturated/α-hetero) is 1. The van der Waals surface area contributed by atoms with Crippen LogP contribution in [0.15, 0.2) is 11.6 Å². The van der Waals surface area contributed by atoms with Gasteiger partial charge in [0.2, 0.25) is 11.7 Å². The van der Waals surface area contributed by atoms with Crippen LogP contribution in [0.3, 0.4) is 0 Å². The van der Waals surface area contributed by atoms with E-state index in [-0.39, 0.29) is 48.2 Å². The zero-order valence-electron chi connectivity index (χ0n) is 24.1. The molecule has 0 bridgehead atoms. The van der Waals surface area contributed by atoms with E-state index in [0.717, 1.165) is 18.4 Å². The van der Waals surface area contributed by atoms with Gasteiger partial charge in [0.15, 0.2) is 12.4 Å². The molecular formula is C30H41NO11. The number of aliphatic hydroxyl groups excluding tert-OH is 1. The maximum absolute atomic E-state index is 13.4. The van der Waals surface area contributed by atoms with E-state index in [4.69, 9.17) is 14.9 Å². The Hall–Kier alpha value is -3.12. The van der Waals surface area contributed by atoms with Gasteiger partial charge in [-0.15, -0.1) is 0 Å². The van der Waals surface area contributed by atoms with Crippen molar-refractivity contribution in [1.82, 2.24) is 5.32 Å². The van der Waals surface area contributed by atoms with Gasteiger partial charge in [-0.1, -0.05) is 19.4 Å². The van der Waals surface area contributed by atoms with Gasteiger partial charge in [-0.05, 0) is 74.2 Å². The Morgan fingerprint density at radius 3 is 2.43 bits per heavy atom. The van der Waals surface area contributed by atoms with Crippen LogP contribution in [0.25, 0.3) is 0 Å². The molecule has 4 aliphatic rings. The van der Waals surface area contributed by atoms with Gasteiger partial charge in [0.1, 0.15) is 11.6 Å². The lowest BCUT2D eigenvalue weighted by atomic mass is 9.45. The van der Waals surface area contributed by atoms with Crippen molar-refractivity contribution in [2.75, 3.05) is 6.61 Å². The van der Waals surface area contributed by atoms with Crippen LogP contribution in [0.5, 0.6) is 0 Å². The zero-order chi connectivity index (χ0) is 31.0. The Bertz CT molecular complexity index is 1200. The average molecular weight is 592 g/mol. The van der Waals surface area contributed by atoms with Crippen LogP contribution in [0, 0.1) is 28.6 Å². The first-order valence-corrected chi connectivity index (χ1v) is 14.7. The van der Waals surface area contributed by atoms with Crippen molar-refractivity contribution in [2.24, 2.45) is 28.6 Å². The number of ketones is 2. The summed E-state index contributed by atoms with van der Waals surface area (Å²) in [7, 11) is 0. The second-order valence-corrected chi connectivity index (χ2v) is 13.0. The Morgan fingerprint density at radius 1 is 1.05 bits per heavy atom. The molecule has 0 radical (unpaired) electrons. The number of amides is 1. The number of aliphatic carboxylic acids is 2. The average Bonchev–Trinajstić information content (AvgIpc) is 3.19. The highest BCUT2D eigenvalue weighted by molar-refractivity contribution is 5.92. The molecule has 0 saturated heterocycles. The summed E-state index contributed by atoms with van der Waals surface area (Å²) < 4.78 is 5.09. The van der Waals surface area contributed by atoms with Gasteiger partial charge in [0, 0.05) is 24.7 Å². The van der Waals surface area contributed by atoms with E-state index in [2.05, 4.69) is 12.2 Å². The number of aliphatic hydroxyl groups is 2. The number of carboxylic acid groups (broad SMARTS) is 2. The smallest absolute Gasteiger partial charge is 0.326 e. The minimum Gasteiger partial charge on any atom is -0.481 e. The first-order valence-electron chi connectivity index (χ1n) is 14.7. The summed E-state index contributed by atoms with van der Waals surface area (Å²) in [5.74, 6) is -4.86. The van der Waals surface area contributed by atoms with Crippen molar-refractivity contribution in [3.05, 3.63) is 11.6 Å². The third-order valence-electron chi connectivity index (χ3n) is 10.7. The largest absolute Gasteiger partial charge is 0.481 e. The van der Waals surface area contributed by atoms with Gasteiger partial charge in [0.05, 0.1) is 12.5 Å².